The molecule has 19 heavy (non-hydrogen) atoms. The van der Waals surface area contributed by atoms with Crippen LogP contribution in [0.3, 0.4) is 0 Å². The fraction of sp³-hybridized carbons (Fsp3) is 0.286. The highest BCUT2D eigenvalue weighted by atomic mass is 35.5. The number of anilines is 1. The number of benzene rings is 1. The zero-order chi connectivity index (χ0) is 13.4. The van der Waals surface area contributed by atoms with Gasteiger partial charge in [0.2, 0.25) is 0 Å². The first kappa shape index (κ1) is 12.2. The SMILES string of the molecule is CCN(CC)c1ncnc2c1oc1ccc(Cl)cc12. The minimum Gasteiger partial charge on any atom is -0.450 e. The number of furan rings is 1. The molecular weight excluding hydrogens is 262 g/mol. The lowest BCUT2D eigenvalue weighted by Gasteiger charge is -2.18. The first-order valence-corrected chi connectivity index (χ1v) is 6.70. The molecule has 3 aromatic rings. The average molecular weight is 276 g/mol. The Kier molecular flexibility index (Phi) is 3.03. The minimum absolute atomic E-state index is 0.679. The quantitative estimate of drug-likeness (QED) is 0.727. The number of hydrogen-bond donors (Lipinski definition) is 0. The van der Waals surface area contributed by atoms with E-state index < -0.39 is 0 Å². The summed E-state index contributed by atoms with van der Waals surface area (Å²) in [5, 5.41) is 1.61. The summed E-state index contributed by atoms with van der Waals surface area (Å²) in [4.78, 5) is 10.8. The van der Waals surface area contributed by atoms with Gasteiger partial charge in [0.1, 0.15) is 17.4 Å². The number of hydrogen-bond acceptors (Lipinski definition) is 4. The van der Waals surface area contributed by atoms with E-state index in [4.69, 9.17) is 16.0 Å². The highest BCUT2D eigenvalue weighted by Crippen LogP contribution is 2.33. The predicted octanol–water partition coefficient (Wildman–Crippen LogP) is 3.88. The summed E-state index contributed by atoms with van der Waals surface area (Å²) in [6.45, 7) is 5.94. The van der Waals surface area contributed by atoms with Crippen LogP contribution in [-0.2, 0) is 0 Å². The van der Waals surface area contributed by atoms with Gasteiger partial charge < -0.3 is 9.32 Å². The Morgan fingerprint density at radius 3 is 2.74 bits per heavy atom. The normalized spacial score (nSPS) is 11.3. The molecule has 0 aliphatic rings. The van der Waals surface area contributed by atoms with Crippen LogP contribution in [0.1, 0.15) is 13.8 Å². The van der Waals surface area contributed by atoms with Gasteiger partial charge in [-0.05, 0) is 32.0 Å². The summed E-state index contributed by atoms with van der Waals surface area (Å²) in [5.41, 5.74) is 2.33. The van der Waals surface area contributed by atoms with Crippen LogP contribution in [0.2, 0.25) is 5.02 Å². The molecule has 0 N–H and O–H groups in total. The van der Waals surface area contributed by atoms with Crippen molar-refractivity contribution in [2.75, 3.05) is 18.0 Å². The van der Waals surface area contributed by atoms with E-state index in [-0.39, 0.29) is 0 Å². The zero-order valence-electron chi connectivity index (χ0n) is 10.9. The molecule has 0 saturated heterocycles. The van der Waals surface area contributed by atoms with Crippen LogP contribution >= 0.6 is 11.6 Å². The monoisotopic (exact) mass is 275 g/mol. The van der Waals surface area contributed by atoms with Crippen molar-refractivity contribution < 1.29 is 4.42 Å². The van der Waals surface area contributed by atoms with Crippen molar-refractivity contribution in [2.24, 2.45) is 0 Å². The largest absolute Gasteiger partial charge is 0.450 e. The van der Waals surface area contributed by atoms with Gasteiger partial charge >= 0.3 is 0 Å². The summed E-state index contributed by atoms with van der Waals surface area (Å²) < 4.78 is 5.90. The molecule has 98 valence electrons. The smallest absolute Gasteiger partial charge is 0.196 e. The first-order valence-electron chi connectivity index (χ1n) is 6.32. The van der Waals surface area contributed by atoms with Crippen LogP contribution in [0.25, 0.3) is 22.1 Å². The number of aromatic nitrogens is 2. The van der Waals surface area contributed by atoms with Crippen molar-refractivity contribution >= 4 is 39.5 Å². The lowest BCUT2D eigenvalue weighted by molar-refractivity contribution is 0.661. The van der Waals surface area contributed by atoms with Gasteiger partial charge in [-0.3, -0.25) is 0 Å². The Hall–Kier alpha value is -1.81. The third-order valence-electron chi connectivity index (χ3n) is 3.26. The third kappa shape index (κ3) is 1.92. The molecule has 1 aromatic carbocycles. The second-order valence-electron chi connectivity index (χ2n) is 4.29. The summed E-state index contributed by atoms with van der Waals surface area (Å²) in [6, 6.07) is 5.56. The van der Waals surface area contributed by atoms with Crippen LogP contribution < -0.4 is 4.90 Å². The topological polar surface area (TPSA) is 42.2 Å². The van der Waals surface area contributed by atoms with E-state index >= 15 is 0 Å². The van der Waals surface area contributed by atoms with E-state index in [1.165, 1.54) is 0 Å². The fourth-order valence-electron chi connectivity index (χ4n) is 2.28. The van der Waals surface area contributed by atoms with Crippen molar-refractivity contribution in [3.63, 3.8) is 0 Å². The molecule has 0 atom stereocenters. The molecule has 0 spiro atoms. The van der Waals surface area contributed by atoms with Gasteiger partial charge in [-0.2, -0.15) is 0 Å². The van der Waals surface area contributed by atoms with Crippen molar-refractivity contribution in [3.05, 3.63) is 29.5 Å². The molecule has 2 aromatic heterocycles. The van der Waals surface area contributed by atoms with Gasteiger partial charge in [0.05, 0.1) is 0 Å². The van der Waals surface area contributed by atoms with Crippen molar-refractivity contribution in [3.8, 4) is 0 Å². The van der Waals surface area contributed by atoms with Gasteiger partial charge in [-0.15, -0.1) is 0 Å². The van der Waals surface area contributed by atoms with Crippen LogP contribution in [0.15, 0.2) is 28.9 Å². The summed E-state index contributed by atoms with van der Waals surface area (Å²) in [6.07, 6.45) is 1.58. The van der Waals surface area contributed by atoms with Gasteiger partial charge in [0.15, 0.2) is 11.4 Å². The van der Waals surface area contributed by atoms with E-state index in [2.05, 4.69) is 28.7 Å². The van der Waals surface area contributed by atoms with Crippen molar-refractivity contribution in [1.29, 1.82) is 0 Å². The second kappa shape index (κ2) is 4.70. The van der Waals surface area contributed by atoms with Crippen LogP contribution in [-0.4, -0.2) is 23.1 Å². The lowest BCUT2D eigenvalue weighted by atomic mass is 10.2. The summed E-state index contributed by atoms with van der Waals surface area (Å²) in [5.74, 6) is 0.835. The molecule has 0 radical (unpaired) electrons. The number of nitrogens with zero attached hydrogens (tertiary/aromatic N) is 3. The fourth-order valence-corrected chi connectivity index (χ4v) is 2.46. The van der Waals surface area contributed by atoms with E-state index in [0.29, 0.717) is 5.02 Å². The van der Waals surface area contributed by atoms with Crippen LogP contribution in [0, 0.1) is 0 Å². The van der Waals surface area contributed by atoms with Crippen molar-refractivity contribution in [2.45, 2.75) is 13.8 Å². The van der Waals surface area contributed by atoms with E-state index in [9.17, 15) is 0 Å². The summed E-state index contributed by atoms with van der Waals surface area (Å²) in [7, 11) is 0. The molecule has 5 heteroatoms. The Bertz CT molecular complexity index is 734. The van der Waals surface area contributed by atoms with E-state index in [1.807, 2.05) is 18.2 Å². The maximum absolute atomic E-state index is 6.04. The zero-order valence-corrected chi connectivity index (χ0v) is 11.6. The number of halogens is 1. The molecular formula is C14H14ClN3O. The Balaban J connectivity index is 2.34. The molecule has 2 heterocycles. The van der Waals surface area contributed by atoms with Gasteiger partial charge in [-0.1, -0.05) is 11.6 Å². The van der Waals surface area contributed by atoms with E-state index in [1.54, 1.807) is 6.33 Å². The molecule has 0 saturated carbocycles. The van der Waals surface area contributed by atoms with Crippen LogP contribution in [0.5, 0.6) is 0 Å². The van der Waals surface area contributed by atoms with Gasteiger partial charge in [0.25, 0.3) is 0 Å². The Morgan fingerprint density at radius 2 is 2.00 bits per heavy atom. The molecule has 0 amide bonds. The second-order valence-corrected chi connectivity index (χ2v) is 4.73. The Labute approximate surface area is 116 Å². The Morgan fingerprint density at radius 1 is 1.21 bits per heavy atom. The van der Waals surface area contributed by atoms with Crippen LogP contribution in [0.4, 0.5) is 5.82 Å². The molecule has 0 fully saturated rings. The predicted molar refractivity (Wildman–Crippen MR) is 77.9 cm³/mol. The maximum atomic E-state index is 6.04. The van der Waals surface area contributed by atoms with Gasteiger partial charge in [0, 0.05) is 23.5 Å². The first-order chi connectivity index (χ1) is 9.24. The molecule has 0 aliphatic heterocycles. The minimum atomic E-state index is 0.679. The van der Waals surface area contributed by atoms with Crippen molar-refractivity contribution in [1.82, 2.24) is 9.97 Å². The summed E-state index contributed by atoms with van der Waals surface area (Å²) >= 11 is 6.04. The third-order valence-corrected chi connectivity index (χ3v) is 3.49. The standard InChI is InChI=1S/C14H14ClN3O/c1-3-18(4-2)14-13-12(16-8-17-14)10-7-9(15)5-6-11(10)19-13/h5-8H,3-4H2,1-2H3. The highest BCUT2D eigenvalue weighted by Gasteiger charge is 2.16. The molecule has 0 bridgehead atoms. The molecule has 3 rings (SSSR count). The van der Waals surface area contributed by atoms with Gasteiger partial charge in [-0.25, -0.2) is 9.97 Å². The average Bonchev–Trinajstić information content (AvgIpc) is 2.79. The number of rotatable bonds is 3. The highest BCUT2D eigenvalue weighted by molar-refractivity contribution is 6.31. The van der Waals surface area contributed by atoms with E-state index in [0.717, 1.165) is 41.0 Å². The number of fused-ring (bicyclic) bond motifs is 3. The maximum Gasteiger partial charge on any atom is 0.196 e. The lowest BCUT2D eigenvalue weighted by Crippen LogP contribution is -2.23. The molecule has 0 unspecified atom stereocenters. The molecule has 0 aliphatic carbocycles. The molecule has 4 nitrogen and oxygen atoms in total.